The van der Waals surface area contributed by atoms with E-state index < -0.39 is 23.7 Å². The average molecular weight is 424 g/mol. The maximum atomic E-state index is 13.6. The second-order valence-corrected chi connectivity index (χ2v) is 7.32. The minimum Gasteiger partial charge on any atom is -0.390 e. The van der Waals surface area contributed by atoms with Crippen molar-refractivity contribution in [3.63, 3.8) is 0 Å². The van der Waals surface area contributed by atoms with E-state index in [-0.39, 0.29) is 11.7 Å². The highest BCUT2D eigenvalue weighted by atomic mass is 19.4. The van der Waals surface area contributed by atoms with Crippen LogP contribution in [-0.2, 0) is 12.7 Å². The Morgan fingerprint density at radius 2 is 2.07 bits per heavy atom. The largest absolute Gasteiger partial charge is 0.419 e. The summed E-state index contributed by atoms with van der Waals surface area (Å²) in [5.41, 5.74) is 5.96. The van der Waals surface area contributed by atoms with E-state index in [1.54, 1.807) is 10.7 Å². The van der Waals surface area contributed by atoms with Crippen LogP contribution >= 0.6 is 0 Å². The number of aromatic nitrogens is 3. The standard InChI is InChI=1S/C19H20F4N6O/c20-14-2-1-12(7-13(14)19(21,22)23)27-18-17-11(3-6-29(17)26-10-25-18)8-28-5-4-15(24)16(30)9-28/h1-3,6-7,10,15-16,30H,4-5,8-9,24H2,(H,25,26,27)/t15-,16-/m1/s1. The highest BCUT2D eigenvalue weighted by Crippen LogP contribution is 2.34. The Hall–Kier alpha value is -2.76. The normalized spacial score (nSPS) is 20.6. The zero-order chi connectivity index (χ0) is 21.5. The van der Waals surface area contributed by atoms with Gasteiger partial charge >= 0.3 is 6.18 Å². The highest BCUT2D eigenvalue weighted by molar-refractivity contribution is 5.76. The van der Waals surface area contributed by atoms with Gasteiger partial charge in [-0.05, 0) is 36.2 Å². The molecule has 7 nitrogen and oxygen atoms in total. The van der Waals surface area contributed by atoms with Crippen molar-refractivity contribution in [1.82, 2.24) is 19.5 Å². The van der Waals surface area contributed by atoms with Crippen molar-refractivity contribution in [2.75, 3.05) is 18.4 Å². The number of halogens is 4. The lowest BCUT2D eigenvalue weighted by molar-refractivity contribution is -0.139. The summed E-state index contributed by atoms with van der Waals surface area (Å²) in [6, 6.07) is 4.27. The first-order valence-electron chi connectivity index (χ1n) is 9.33. The second kappa shape index (κ2) is 7.82. The van der Waals surface area contributed by atoms with Crippen LogP contribution in [0.3, 0.4) is 0 Å². The number of nitrogens with two attached hydrogens (primary N) is 1. The van der Waals surface area contributed by atoms with Gasteiger partial charge in [-0.1, -0.05) is 0 Å². The summed E-state index contributed by atoms with van der Waals surface area (Å²) < 4.78 is 54.2. The number of likely N-dealkylation sites (tertiary alicyclic amines) is 1. The van der Waals surface area contributed by atoms with Gasteiger partial charge in [-0.3, -0.25) is 4.90 Å². The van der Waals surface area contributed by atoms with Crippen LogP contribution in [0.25, 0.3) is 5.52 Å². The third-order valence-corrected chi connectivity index (χ3v) is 5.18. The van der Waals surface area contributed by atoms with Crippen LogP contribution < -0.4 is 11.1 Å². The van der Waals surface area contributed by atoms with Gasteiger partial charge in [-0.25, -0.2) is 13.9 Å². The number of piperidine rings is 1. The maximum absolute atomic E-state index is 13.6. The van der Waals surface area contributed by atoms with Crippen LogP contribution in [0.1, 0.15) is 17.5 Å². The summed E-state index contributed by atoms with van der Waals surface area (Å²) in [5, 5.41) is 17.0. The molecule has 0 spiro atoms. The van der Waals surface area contributed by atoms with Crippen molar-refractivity contribution >= 4 is 17.0 Å². The third kappa shape index (κ3) is 4.09. The molecule has 1 fully saturated rings. The fraction of sp³-hybridized carbons (Fsp3) is 0.368. The Morgan fingerprint density at radius 3 is 2.80 bits per heavy atom. The zero-order valence-electron chi connectivity index (χ0n) is 15.8. The van der Waals surface area contributed by atoms with Gasteiger partial charge in [0.1, 0.15) is 17.7 Å². The van der Waals surface area contributed by atoms with Crippen LogP contribution in [0.2, 0.25) is 0 Å². The van der Waals surface area contributed by atoms with E-state index in [2.05, 4.69) is 15.4 Å². The topological polar surface area (TPSA) is 91.7 Å². The summed E-state index contributed by atoms with van der Waals surface area (Å²) in [5.74, 6) is -1.05. The van der Waals surface area contributed by atoms with E-state index in [0.29, 0.717) is 43.5 Å². The fourth-order valence-corrected chi connectivity index (χ4v) is 3.59. The van der Waals surface area contributed by atoms with E-state index in [4.69, 9.17) is 5.73 Å². The maximum Gasteiger partial charge on any atom is 0.419 e. The second-order valence-electron chi connectivity index (χ2n) is 7.32. The number of nitrogens with zero attached hydrogens (tertiary/aromatic N) is 4. The van der Waals surface area contributed by atoms with Crippen molar-refractivity contribution in [3.05, 3.63) is 53.7 Å². The number of alkyl halides is 3. The number of hydrogen-bond acceptors (Lipinski definition) is 6. The molecule has 0 bridgehead atoms. The van der Waals surface area contributed by atoms with E-state index in [9.17, 15) is 22.7 Å². The van der Waals surface area contributed by atoms with Crippen molar-refractivity contribution in [1.29, 1.82) is 0 Å². The van der Waals surface area contributed by atoms with Crippen LogP contribution in [0.5, 0.6) is 0 Å². The number of β-amino-alcohol motifs (C(OH)–C–C–N with tert-alkyl or cyclic N) is 1. The molecule has 4 N–H and O–H groups in total. The Bertz CT molecular complexity index is 1050. The number of aliphatic hydroxyl groups excluding tert-OH is 1. The quantitative estimate of drug-likeness (QED) is 0.558. The number of hydrogen-bond donors (Lipinski definition) is 3. The molecule has 1 aliphatic heterocycles. The van der Waals surface area contributed by atoms with E-state index in [1.807, 2.05) is 11.0 Å². The van der Waals surface area contributed by atoms with Crippen LogP contribution in [-0.4, -0.2) is 49.8 Å². The summed E-state index contributed by atoms with van der Waals surface area (Å²) in [6.45, 7) is 1.61. The molecule has 2 atom stereocenters. The first-order chi connectivity index (χ1) is 14.2. The van der Waals surface area contributed by atoms with Gasteiger partial charge in [0.05, 0.1) is 11.7 Å². The predicted molar refractivity (Wildman–Crippen MR) is 102 cm³/mol. The molecule has 1 aliphatic rings. The summed E-state index contributed by atoms with van der Waals surface area (Å²) in [4.78, 5) is 6.20. The molecule has 160 valence electrons. The van der Waals surface area contributed by atoms with Crippen molar-refractivity contribution in [2.24, 2.45) is 5.73 Å². The average Bonchev–Trinajstić information content (AvgIpc) is 3.09. The molecule has 0 radical (unpaired) electrons. The molecule has 0 amide bonds. The molecule has 2 aromatic heterocycles. The number of benzene rings is 1. The number of nitrogens with one attached hydrogen (secondary N) is 1. The van der Waals surface area contributed by atoms with Gasteiger partial charge in [0, 0.05) is 37.6 Å². The minimum atomic E-state index is -4.81. The third-order valence-electron chi connectivity index (χ3n) is 5.18. The molecule has 0 unspecified atom stereocenters. The van der Waals surface area contributed by atoms with E-state index in [1.165, 1.54) is 12.4 Å². The molecule has 11 heteroatoms. The molecule has 0 aliphatic carbocycles. The molecular formula is C19H20F4N6O. The van der Waals surface area contributed by atoms with E-state index in [0.717, 1.165) is 11.6 Å². The summed E-state index contributed by atoms with van der Waals surface area (Å²) >= 11 is 0. The molecule has 0 saturated carbocycles. The Kier molecular flexibility index (Phi) is 5.35. The monoisotopic (exact) mass is 424 g/mol. The lowest BCUT2D eigenvalue weighted by Gasteiger charge is -2.33. The lowest BCUT2D eigenvalue weighted by Crippen LogP contribution is -2.50. The van der Waals surface area contributed by atoms with Crippen molar-refractivity contribution in [2.45, 2.75) is 31.3 Å². The molecule has 1 saturated heterocycles. The molecule has 1 aromatic carbocycles. The first kappa shape index (κ1) is 20.5. The Balaban J connectivity index is 1.64. The van der Waals surface area contributed by atoms with Gasteiger partial charge in [0.15, 0.2) is 5.82 Å². The lowest BCUT2D eigenvalue weighted by atomic mass is 10.0. The summed E-state index contributed by atoms with van der Waals surface area (Å²) in [7, 11) is 0. The Morgan fingerprint density at radius 1 is 1.27 bits per heavy atom. The van der Waals surface area contributed by atoms with Gasteiger partial charge in [-0.2, -0.15) is 18.3 Å². The van der Waals surface area contributed by atoms with Crippen molar-refractivity contribution in [3.8, 4) is 0 Å². The number of aliphatic hydroxyl groups is 1. The van der Waals surface area contributed by atoms with Crippen LogP contribution in [0, 0.1) is 5.82 Å². The van der Waals surface area contributed by atoms with Crippen LogP contribution in [0.4, 0.5) is 29.1 Å². The van der Waals surface area contributed by atoms with Gasteiger partial charge in [0.2, 0.25) is 0 Å². The van der Waals surface area contributed by atoms with Crippen LogP contribution in [0.15, 0.2) is 36.8 Å². The number of anilines is 2. The fourth-order valence-electron chi connectivity index (χ4n) is 3.59. The smallest absolute Gasteiger partial charge is 0.390 e. The van der Waals surface area contributed by atoms with E-state index >= 15 is 0 Å². The SMILES string of the molecule is N[C@@H]1CCN(Cc2ccn3ncnc(Nc4ccc(F)c(C(F)(F)F)c4)c23)C[C@H]1O. The molecular weight excluding hydrogens is 404 g/mol. The molecule has 3 heterocycles. The van der Waals surface area contributed by atoms with Gasteiger partial charge in [-0.15, -0.1) is 0 Å². The van der Waals surface area contributed by atoms with Crippen molar-refractivity contribution < 1.29 is 22.7 Å². The summed E-state index contributed by atoms with van der Waals surface area (Å²) in [6.07, 6.45) is -1.78. The zero-order valence-corrected chi connectivity index (χ0v) is 15.8. The highest BCUT2D eigenvalue weighted by Gasteiger charge is 2.34. The number of rotatable bonds is 4. The molecule has 30 heavy (non-hydrogen) atoms. The number of fused-ring (bicyclic) bond motifs is 1. The molecule has 3 aromatic rings. The predicted octanol–water partition coefficient (Wildman–Crippen LogP) is 2.52. The molecule has 4 rings (SSSR count). The van der Waals surface area contributed by atoms with Gasteiger partial charge < -0.3 is 16.2 Å². The minimum absolute atomic E-state index is 0.0517. The Labute approximate surface area is 169 Å². The van der Waals surface area contributed by atoms with Gasteiger partial charge in [0.25, 0.3) is 0 Å². The first-order valence-corrected chi connectivity index (χ1v) is 9.33.